The Hall–Kier alpha value is -2.73. The van der Waals surface area contributed by atoms with E-state index < -0.39 is 0 Å². The molecule has 0 radical (unpaired) electrons. The average molecular weight is 451 g/mol. The monoisotopic (exact) mass is 450 g/mol. The number of nitrogens with zero attached hydrogens (tertiary/aromatic N) is 2. The number of piperidine rings is 2. The molecule has 3 heterocycles. The van der Waals surface area contributed by atoms with Crippen LogP contribution in [0.1, 0.15) is 49.9 Å². The molecule has 0 N–H and O–H groups in total. The Morgan fingerprint density at radius 3 is 2.64 bits per heavy atom. The van der Waals surface area contributed by atoms with Crippen LogP contribution in [0.2, 0.25) is 0 Å². The number of ether oxygens (including phenoxy) is 3. The summed E-state index contributed by atoms with van der Waals surface area (Å²) in [5.41, 5.74) is 1.98. The van der Waals surface area contributed by atoms with Crippen molar-refractivity contribution in [2.75, 3.05) is 37.9 Å². The first-order chi connectivity index (χ1) is 16.1. The standard InChI is InChI=1S/C27H34N2O4/c1-19(2)33-24-7-3-5-20(15-24)27(30)21-6-4-12-29(17-21)22-10-13-28(14-11-22)23-8-9-25-26(16-23)32-18-31-25/h3,5,7-9,15-16,19,21-22H,4,6,10-14,17-18H2,1-2H3/t21-/m1/s1. The predicted octanol–water partition coefficient (Wildman–Crippen LogP) is 4.77. The Morgan fingerprint density at radius 2 is 1.82 bits per heavy atom. The summed E-state index contributed by atoms with van der Waals surface area (Å²) in [6, 6.07) is 14.5. The third-order valence-electron chi connectivity index (χ3n) is 7.02. The molecule has 3 aliphatic heterocycles. The highest BCUT2D eigenvalue weighted by Gasteiger charge is 2.32. The highest BCUT2D eigenvalue weighted by Crippen LogP contribution is 2.36. The first-order valence-electron chi connectivity index (χ1n) is 12.3. The first-order valence-corrected chi connectivity index (χ1v) is 12.3. The minimum absolute atomic E-state index is 0.0694. The average Bonchev–Trinajstić information content (AvgIpc) is 3.31. The van der Waals surface area contributed by atoms with Crippen molar-refractivity contribution in [3.63, 3.8) is 0 Å². The molecule has 1 atom stereocenters. The quantitative estimate of drug-likeness (QED) is 0.591. The molecule has 0 aliphatic carbocycles. The molecule has 0 amide bonds. The molecule has 0 saturated carbocycles. The van der Waals surface area contributed by atoms with Gasteiger partial charge >= 0.3 is 0 Å². The molecule has 2 aromatic carbocycles. The second kappa shape index (κ2) is 9.64. The van der Waals surface area contributed by atoms with Gasteiger partial charge in [0, 0.05) is 48.9 Å². The number of likely N-dealkylation sites (tertiary alicyclic amines) is 1. The molecule has 0 aromatic heterocycles. The Morgan fingerprint density at radius 1 is 1.00 bits per heavy atom. The summed E-state index contributed by atoms with van der Waals surface area (Å²) < 4.78 is 16.8. The second-order valence-corrected chi connectivity index (χ2v) is 9.65. The lowest BCUT2D eigenvalue weighted by Crippen LogP contribution is -2.49. The van der Waals surface area contributed by atoms with Crippen LogP contribution in [0, 0.1) is 5.92 Å². The summed E-state index contributed by atoms with van der Waals surface area (Å²) >= 11 is 0. The van der Waals surface area contributed by atoms with Gasteiger partial charge in [-0.3, -0.25) is 9.69 Å². The van der Waals surface area contributed by atoms with E-state index in [0.717, 1.165) is 74.7 Å². The van der Waals surface area contributed by atoms with Gasteiger partial charge < -0.3 is 19.1 Å². The van der Waals surface area contributed by atoms with Crippen LogP contribution in [0.4, 0.5) is 5.69 Å². The summed E-state index contributed by atoms with van der Waals surface area (Å²) in [5, 5.41) is 0. The van der Waals surface area contributed by atoms with Crippen molar-refractivity contribution in [2.24, 2.45) is 5.92 Å². The Bertz CT molecular complexity index is 984. The van der Waals surface area contributed by atoms with E-state index in [-0.39, 0.29) is 17.8 Å². The molecule has 2 fully saturated rings. The van der Waals surface area contributed by atoms with Gasteiger partial charge in [0.2, 0.25) is 6.79 Å². The molecule has 6 heteroatoms. The minimum atomic E-state index is 0.0694. The summed E-state index contributed by atoms with van der Waals surface area (Å²) in [6.45, 7) is 8.32. The van der Waals surface area contributed by atoms with Crippen molar-refractivity contribution in [1.82, 2.24) is 4.90 Å². The molecule has 0 unspecified atom stereocenters. The number of rotatable bonds is 6. The van der Waals surface area contributed by atoms with E-state index in [0.29, 0.717) is 12.8 Å². The van der Waals surface area contributed by atoms with Crippen LogP contribution in [0.25, 0.3) is 0 Å². The Balaban J connectivity index is 1.18. The van der Waals surface area contributed by atoms with Crippen LogP contribution in [-0.4, -0.2) is 55.8 Å². The summed E-state index contributed by atoms with van der Waals surface area (Å²) in [6.07, 6.45) is 4.39. The van der Waals surface area contributed by atoms with Crippen LogP contribution >= 0.6 is 0 Å². The van der Waals surface area contributed by atoms with Crippen LogP contribution in [0.3, 0.4) is 0 Å². The molecular weight excluding hydrogens is 416 g/mol. The third-order valence-corrected chi connectivity index (χ3v) is 7.02. The van der Waals surface area contributed by atoms with E-state index in [2.05, 4.69) is 21.9 Å². The molecule has 2 saturated heterocycles. The SMILES string of the molecule is CC(C)Oc1cccc(C(=O)[C@@H]2CCCN(C3CCN(c4ccc5c(c4)OCO5)CC3)C2)c1. The fourth-order valence-corrected chi connectivity index (χ4v) is 5.35. The normalized spacial score (nSPS) is 21.4. The van der Waals surface area contributed by atoms with Gasteiger partial charge in [-0.05, 0) is 70.3 Å². The molecule has 5 rings (SSSR count). The largest absolute Gasteiger partial charge is 0.491 e. The van der Waals surface area contributed by atoms with Gasteiger partial charge in [0.15, 0.2) is 17.3 Å². The van der Waals surface area contributed by atoms with Crippen LogP contribution in [0.15, 0.2) is 42.5 Å². The topological polar surface area (TPSA) is 51.2 Å². The van der Waals surface area contributed by atoms with Crippen molar-refractivity contribution in [2.45, 2.75) is 51.7 Å². The lowest BCUT2D eigenvalue weighted by molar-refractivity contribution is 0.0719. The number of carbonyl (C=O) groups excluding carboxylic acids is 1. The van der Waals surface area contributed by atoms with Crippen LogP contribution in [-0.2, 0) is 0 Å². The lowest BCUT2D eigenvalue weighted by Gasteiger charge is -2.42. The second-order valence-electron chi connectivity index (χ2n) is 9.65. The van der Waals surface area contributed by atoms with Crippen molar-refractivity contribution >= 4 is 11.5 Å². The molecule has 0 bridgehead atoms. The van der Waals surface area contributed by atoms with E-state index in [1.165, 1.54) is 5.69 Å². The third kappa shape index (κ3) is 4.96. The number of hydrogen-bond acceptors (Lipinski definition) is 6. The summed E-state index contributed by atoms with van der Waals surface area (Å²) in [4.78, 5) is 18.3. The molecule has 33 heavy (non-hydrogen) atoms. The Labute approximate surface area is 196 Å². The highest BCUT2D eigenvalue weighted by molar-refractivity contribution is 5.98. The maximum Gasteiger partial charge on any atom is 0.231 e. The van der Waals surface area contributed by atoms with Gasteiger partial charge in [-0.2, -0.15) is 0 Å². The van der Waals surface area contributed by atoms with Crippen molar-refractivity contribution in [1.29, 1.82) is 0 Å². The summed E-state index contributed by atoms with van der Waals surface area (Å²) in [5.74, 6) is 2.78. The van der Waals surface area contributed by atoms with Crippen molar-refractivity contribution in [3.8, 4) is 17.2 Å². The zero-order valence-corrected chi connectivity index (χ0v) is 19.7. The van der Waals surface area contributed by atoms with Gasteiger partial charge in [0.1, 0.15) is 5.75 Å². The van der Waals surface area contributed by atoms with E-state index in [4.69, 9.17) is 14.2 Å². The van der Waals surface area contributed by atoms with Crippen LogP contribution < -0.4 is 19.1 Å². The fourth-order valence-electron chi connectivity index (χ4n) is 5.35. The molecular formula is C27H34N2O4. The smallest absolute Gasteiger partial charge is 0.231 e. The molecule has 0 spiro atoms. The van der Waals surface area contributed by atoms with E-state index in [1.807, 2.05) is 44.2 Å². The van der Waals surface area contributed by atoms with Crippen molar-refractivity contribution < 1.29 is 19.0 Å². The van der Waals surface area contributed by atoms with Gasteiger partial charge in [0.05, 0.1) is 6.10 Å². The number of benzene rings is 2. The number of fused-ring (bicyclic) bond motifs is 1. The van der Waals surface area contributed by atoms with Gasteiger partial charge in [-0.25, -0.2) is 0 Å². The maximum atomic E-state index is 13.3. The maximum absolute atomic E-state index is 13.3. The Kier molecular flexibility index (Phi) is 6.45. The van der Waals surface area contributed by atoms with Gasteiger partial charge in [0.25, 0.3) is 0 Å². The van der Waals surface area contributed by atoms with Gasteiger partial charge in [-0.15, -0.1) is 0 Å². The molecule has 3 aliphatic rings. The van der Waals surface area contributed by atoms with Gasteiger partial charge in [-0.1, -0.05) is 12.1 Å². The number of carbonyl (C=O) groups is 1. The van der Waals surface area contributed by atoms with E-state index >= 15 is 0 Å². The zero-order chi connectivity index (χ0) is 22.8. The first kappa shape index (κ1) is 22.1. The molecule has 6 nitrogen and oxygen atoms in total. The molecule has 2 aromatic rings. The number of anilines is 1. The van der Waals surface area contributed by atoms with Crippen molar-refractivity contribution in [3.05, 3.63) is 48.0 Å². The van der Waals surface area contributed by atoms with E-state index in [1.54, 1.807) is 0 Å². The fraction of sp³-hybridized carbons (Fsp3) is 0.519. The molecule has 176 valence electrons. The number of hydrogen-bond donors (Lipinski definition) is 0. The predicted molar refractivity (Wildman–Crippen MR) is 129 cm³/mol. The summed E-state index contributed by atoms with van der Waals surface area (Å²) in [7, 11) is 0. The number of Topliss-reactive ketones (excluding diaryl/α,β-unsaturated/α-hetero) is 1. The van der Waals surface area contributed by atoms with Crippen LogP contribution in [0.5, 0.6) is 17.2 Å². The minimum Gasteiger partial charge on any atom is -0.491 e. The number of ketones is 1. The zero-order valence-electron chi connectivity index (χ0n) is 19.7. The highest BCUT2D eigenvalue weighted by atomic mass is 16.7. The lowest BCUT2D eigenvalue weighted by atomic mass is 9.88. The van der Waals surface area contributed by atoms with E-state index in [9.17, 15) is 4.79 Å².